The molecule has 0 aliphatic rings. The lowest BCUT2D eigenvalue weighted by Crippen LogP contribution is -2.37. The molecule has 0 saturated heterocycles. The molecule has 23 heavy (non-hydrogen) atoms. The van der Waals surface area contributed by atoms with E-state index in [0.717, 1.165) is 38.5 Å². The first-order chi connectivity index (χ1) is 11.1. The normalized spacial score (nSPS) is 11.8. The van der Waals surface area contributed by atoms with Crippen molar-refractivity contribution in [3.05, 3.63) is 0 Å². The molecule has 138 valence electrons. The minimum absolute atomic E-state index is 0.0739. The molecule has 0 atom stereocenters. The highest BCUT2D eigenvalue weighted by Gasteiger charge is 2.35. The monoisotopic (exact) mass is 334 g/mol. The molecule has 0 aromatic heterocycles. The first-order valence-corrected chi connectivity index (χ1v) is 8.93. The molecule has 0 aliphatic heterocycles. The zero-order valence-corrected chi connectivity index (χ0v) is 15.0. The molecule has 0 spiro atoms. The predicted molar refractivity (Wildman–Crippen MR) is 87.6 cm³/mol. The molecule has 0 heterocycles. The van der Waals surface area contributed by atoms with E-state index >= 15 is 0 Å². The largest absolute Gasteiger partial charge is 0.481 e. The predicted octanol–water partition coefficient (Wildman–Crippen LogP) is 4.62. The molecule has 0 aromatic carbocycles. The summed E-state index contributed by atoms with van der Waals surface area (Å²) >= 11 is 0. The molecule has 0 aliphatic carbocycles. The van der Waals surface area contributed by atoms with Gasteiger partial charge in [0.15, 0.2) is 0 Å². The van der Waals surface area contributed by atoms with Crippen molar-refractivity contribution >= 4 is 5.97 Å². The quantitative estimate of drug-likeness (QED) is 0.181. The van der Waals surface area contributed by atoms with Gasteiger partial charge in [-0.1, -0.05) is 40.0 Å². The van der Waals surface area contributed by atoms with E-state index < -0.39 is 11.8 Å². The van der Waals surface area contributed by atoms with Crippen molar-refractivity contribution in [3.63, 3.8) is 0 Å². The van der Waals surface area contributed by atoms with Gasteiger partial charge in [-0.25, -0.2) is 9.78 Å². The van der Waals surface area contributed by atoms with Crippen molar-refractivity contribution in [1.82, 2.24) is 0 Å². The number of hydrogen-bond donors (Lipinski definition) is 1. The Morgan fingerprint density at radius 1 is 0.826 bits per heavy atom. The zero-order valence-electron chi connectivity index (χ0n) is 15.0. The third-order valence-electron chi connectivity index (χ3n) is 3.44. The highest BCUT2D eigenvalue weighted by atomic mass is 17.3. The lowest BCUT2D eigenvalue weighted by atomic mass is 10.0. The molecule has 0 radical (unpaired) electrons. The summed E-state index contributed by atoms with van der Waals surface area (Å²) in [7, 11) is 0. The standard InChI is InChI=1S/C17H34O6/c1-4-7-12-17(13-10-11-16(18)19,22-20-14-8-5-2)23-21-15-9-6-3/h4-15H2,1-3H3,(H,18,19). The van der Waals surface area contributed by atoms with Crippen LogP contribution in [0.4, 0.5) is 0 Å². The van der Waals surface area contributed by atoms with Crippen LogP contribution >= 0.6 is 0 Å². The second-order valence-corrected chi connectivity index (χ2v) is 5.78. The van der Waals surface area contributed by atoms with E-state index in [-0.39, 0.29) is 6.42 Å². The summed E-state index contributed by atoms with van der Waals surface area (Å²) in [5.41, 5.74) is 0. The number of unbranched alkanes of at least 4 members (excludes halogenated alkanes) is 3. The maximum atomic E-state index is 10.8. The summed E-state index contributed by atoms with van der Waals surface area (Å²) in [5, 5.41) is 8.83. The van der Waals surface area contributed by atoms with Crippen LogP contribution in [-0.4, -0.2) is 30.1 Å². The van der Waals surface area contributed by atoms with Crippen LogP contribution in [0.25, 0.3) is 0 Å². The van der Waals surface area contributed by atoms with Gasteiger partial charge in [-0.15, -0.1) is 0 Å². The number of carboxylic acids is 1. The van der Waals surface area contributed by atoms with Crippen LogP contribution in [0.15, 0.2) is 0 Å². The van der Waals surface area contributed by atoms with Gasteiger partial charge in [0.1, 0.15) is 0 Å². The zero-order chi connectivity index (χ0) is 17.4. The van der Waals surface area contributed by atoms with Crippen LogP contribution in [0, 0.1) is 0 Å². The molecule has 0 rings (SSSR count). The summed E-state index contributed by atoms with van der Waals surface area (Å²) in [5.74, 6) is -1.85. The summed E-state index contributed by atoms with van der Waals surface area (Å²) in [4.78, 5) is 32.5. The van der Waals surface area contributed by atoms with Crippen molar-refractivity contribution in [3.8, 4) is 0 Å². The summed E-state index contributed by atoms with van der Waals surface area (Å²) in [6, 6.07) is 0. The average Bonchev–Trinajstić information content (AvgIpc) is 2.53. The topological polar surface area (TPSA) is 74.2 Å². The molecule has 0 bridgehead atoms. The van der Waals surface area contributed by atoms with E-state index in [1.807, 2.05) is 0 Å². The van der Waals surface area contributed by atoms with Gasteiger partial charge in [0, 0.05) is 19.3 Å². The van der Waals surface area contributed by atoms with Gasteiger partial charge in [-0.05, 0) is 25.7 Å². The van der Waals surface area contributed by atoms with Gasteiger partial charge in [-0.3, -0.25) is 4.79 Å². The van der Waals surface area contributed by atoms with Gasteiger partial charge in [0.25, 0.3) is 0 Å². The fraction of sp³-hybridized carbons (Fsp3) is 0.941. The molecule has 0 fully saturated rings. The molecule has 0 unspecified atom stereocenters. The molecular formula is C17H34O6. The maximum Gasteiger partial charge on any atom is 0.303 e. The summed E-state index contributed by atoms with van der Waals surface area (Å²) in [6.07, 6.45) is 7.26. The van der Waals surface area contributed by atoms with Crippen molar-refractivity contribution < 1.29 is 29.5 Å². The molecule has 0 aromatic rings. The van der Waals surface area contributed by atoms with Crippen LogP contribution in [0.5, 0.6) is 0 Å². The van der Waals surface area contributed by atoms with Gasteiger partial charge >= 0.3 is 5.97 Å². The van der Waals surface area contributed by atoms with Gasteiger partial charge in [0.2, 0.25) is 5.79 Å². The van der Waals surface area contributed by atoms with Gasteiger partial charge < -0.3 is 5.11 Å². The smallest absolute Gasteiger partial charge is 0.303 e. The van der Waals surface area contributed by atoms with Crippen molar-refractivity contribution in [2.45, 2.75) is 90.8 Å². The Hall–Kier alpha value is -0.690. The number of carboxylic acid groups (broad SMARTS) is 1. The van der Waals surface area contributed by atoms with Crippen LogP contribution in [0.1, 0.15) is 85.0 Å². The van der Waals surface area contributed by atoms with E-state index in [4.69, 9.17) is 24.7 Å². The highest BCUT2D eigenvalue weighted by Crippen LogP contribution is 2.28. The molecule has 0 amide bonds. The first-order valence-electron chi connectivity index (χ1n) is 8.93. The van der Waals surface area contributed by atoms with Crippen LogP contribution in [-0.2, 0) is 24.3 Å². The second-order valence-electron chi connectivity index (χ2n) is 5.78. The first kappa shape index (κ1) is 22.3. The van der Waals surface area contributed by atoms with Crippen LogP contribution in [0.3, 0.4) is 0 Å². The van der Waals surface area contributed by atoms with Crippen molar-refractivity contribution in [1.29, 1.82) is 0 Å². The lowest BCUT2D eigenvalue weighted by Gasteiger charge is -2.30. The van der Waals surface area contributed by atoms with Crippen LogP contribution in [0.2, 0.25) is 0 Å². The van der Waals surface area contributed by atoms with Crippen molar-refractivity contribution in [2.24, 2.45) is 0 Å². The molecule has 0 saturated carbocycles. The fourth-order valence-electron chi connectivity index (χ4n) is 1.97. The van der Waals surface area contributed by atoms with Crippen LogP contribution < -0.4 is 0 Å². The number of aliphatic carboxylic acids is 1. The Morgan fingerprint density at radius 3 is 1.74 bits per heavy atom. The Morgan fingerprint density at radius 2 is 1.30 bits per heavy atom. The maximum absolute atomic E-state index is 10.8. The minimum atomic E-state index is -1.02. The van der Waals surface area contributed by atoms with E-state index in [1.165, 1.54) is 0 Å². The highest BCUT2D eigenvalue weighted by molar-refractivity contribution is 5.66. The summed E-state index contributed by atoms with van der Waals surface area (Å²) < 4.78 is 0. The van der Waals surface area contributed by atoms with E-state index in [2.05, 4.69) is 20.8 Å². The second kappa shape index (κ2) is 14.9. The van der Waals surface area contributed by atoms with Gasteiger partial charge in [0.05, 0.1) is 13.2 Å². The van der Waals surface area contributed by atoms with E-state index in [1.54, 1.807) is 0 Å². The molecule has 6 nitrogen and oxygen atoms in total. The van der Waals surface area contributed by atoms with E-state index in [0.29, 0.717) is 32.5 Å². The van der Waals surface area contributed by atoms with Crippen molar-refractivity contribution in [2.75, 3.05) is 13.2 Å². The Kier molecular flexibility index (Phi) is 14.4. The number of rotatable bonds is 17. The number of hydrogen-bond acceptors (Lipinski definition) is 5. The van der Waals surface area contributed by atoms with Gasteiger partial charge in [-0.2, -0.15) is 9.78 Å². The fourth-order valence-corrected chi connectivity index (χ4v) is 1.97. The minimum Gasteiger partial charge on any atom is -0.481 e. The third-order valence-corrected chi connectivity index (χ3v) is 3.44. The SMILES string of the molecule is CCCCOOC(CCCC)(CCCC(=O)O)OOCCCC. The molecular weight excluding hydrogens is 300 g/mol. The number of carbonyl (C=O) groups is 1. The average molecular weight is 334 g/mol. The van der Waals surface area contributed by atoms with E-state index in [9.17, 15) is 4.79 Å². The Labute approximate surface area is 140 Å². The lowest BCUT2D eigenvalue weighted by molar-refractivity contribution is -0.514. The Bertz CT molecular complexity index is 270. The third kappa shape index (κ3) is 12.4. The molecule has 6 heteroatoms. The Balaban J connectivity index is 4.60. The summed E-state index contributed by atoms with van der Waals surface area (Å²) in [6.45, 7) is 7.21. The molecule has 1 N–H and O–H groups in total.